The number of piperazine rings is 1. The van der Waals surface area contributed by atoms with Gasteiger partial charge in [0, 0.05) is 48.0 Å². The molecular formula is C21H18Cl2F3N3O2S2. The Hall–Kier alpha value is -1.85. The van der Waals surface area contributed by atoms with Crippen molar-refractivity contribution in [3.05, 3.63) is 74.7 Å². The molecule has 0 bridgehead atoms. The summed E-state index contributed by atoms with van der Waals surface area (Å²) in [6.45, 7) is 1.06. The van der Waals surface area contributed by atoms with E-state index in [-0.39, 0.29) is 18.0 Å². The largest absolute Gasteiger partial charge is 0.416 e. The average Bonchev–Trinajstić information content (AvgIpc) is 3.24. The highest BCUT2D eigenvalue weighted by atomic mass is 35.5. The Labute approximate surface area is 203 Å². The molecule has 1 aromatic heterocycles. The molecule has 0 spiro atoms. The first-order valence-corrected chi connectivity index (χ1v) is 12.9. The third-order valence-corrected chi connectivity index (χ3v) is 8.67. The molecule has 2 heterocycles. The number of sulfonamides is 1. The molecule has 0 radical (unpaired) electrons. The Morgan fingerprint density at radius 2 is 1.76 bits per heavy atom. The second-order valence-electron chi connectivity index (χ2n) is 7.45. The Balaban J connectivity index is 1.42. The van der Waals surface area contributed by atoms with Crippen LogP contribution in [0.25, 0.3) is 0 Å². The second kappa shape index (κ2) is 9.42. The minimum atomic E-state index is -4.61. The van der Waals surface area contributed by atoms with E-state index in [1.54, 1.807) is 12.1 Å². The third kappa shape index (κ3) is 5.46. The van der Waals surface area contributed by atoms with Crippen LogP contribution in [-0.4, -0.2) is 43.9 Å². The first-order chi connectivity index (χ1) is 15.5. The highest BCUT2D eigenvalue weighted by Gasteiger charge is 2.34. The van der Waals surface area contributed by atoms with Gasteiger partial charge in [-0.25, -0.2) is 13.4 Å². The Kier molecular flexibility index (Phi) is 6.93. The van der Waals surface area contributed by atoms with Gasteiger partial charge in [0.15, 0.2) is 5.13 Å². The molecule has 33 heavy (non-hydrogen) atoms. The van der Waals surface area contributed by atoms with Crippen molar-refractivity contribution in [1.82, 2.24) is 9.29 Å². The van der Waals surface area contributed by atoms with Crippen molar-refractivity contribution in [3.63, 3.8) is 0 Å². The molecule has 2 aromatic carbocycles. The molecule has 3 aromatic rings. The summed E-state index contributed by atoms with van der Waals surface area (Å²) in [5.41, 5.74) is 0.742. The molecule has 12 heteroatoms. The van der Waals surface area contributed by atoms with Crippen LogP contribution in [0.2, 0.25) is 10.0 Å². The summed E-state index contributed by atoms with van der Waals surface area (Å²) in [5, 5.41) is 3.80. The fourth-order valence-corrected chi connectivity index (χ4v) is 6.31. The summed E-state index contributed by atoms with van der Waals surface area (Å²) < 4.78 is 65.9. The summed E-state index contributed by atoms with van der Waals surface area (Å²) in [6, 6.07) is 9.11. The molecule has 1 fully saturated rings. The number of aromatic nitrogens is 1. The van der Waals surface area contributed by atoms with E-state index in [9.17, 15) is 21.6 Å². The highest BCUT2D eigenvalue weighted by Crippen LogP contribution is 2.32. The molecule has 176 valence electrons. The number of benzene rings is 2. The molecule has 0 atom stereocenters. The van der Waals surface area contributed by atoms with Crippen LogP contribution in [0.15, 0.2) is 52.7 Å². The van der Waals surface area contributed by atoms with E-state index < -0.39 is 21.8 Å². The Morgan fingerprint density at radius 1 is 1.03 bits per heavy atom. The number of thiazole rings is 1. The lowest BCUT2D eigenvalue weighted by Crippen LogP contribution is -2.48. The van der Waals surface area contributed by atoms with Crippen LogP contribution in [0, 0.1) is 0 Å². The smallest absolute Gasteiger partial charge is 0.345 e. The zero-order valence-corrected chi connectivity index (χ0v) is 20.2. The van der Waals surface area contributed by atoms with E-state index in [1.165, 1.54) is 21.7 Å². The van der Waals surface area contributed by atoms with Crippen molar-refractivity contribution < 1.29 is 21.6 Å². The highest BCUT2D eigenvalue weighted by molar-refractivity contribution is 7.89. The van der Waals surface area contributed by atoms with Gasteiger partial charge in [-0.1, -0.05) is 35.3 Å². The van der Waals surface area contributed by atoms with Crippen molar-refractivity contribution in [2.24, 2.45) is 0 Å². The molecule has 0 unspecified atom stereocenters. The summed E-state index contributed by atoms with van der Waals surface area (Å²) in [4.78, 5) is 6.25. The van der Waals surface area contributed by atoms with Crippen molar-refractivity contribution in [3.8, 4) is 0 Å². The van der Waals surface area contributed by atoms with E-state index in [0.29, 0.717) is 35.6 Å². The number of nitrogens with zero attached hydrogens (tertiary/aromatic N) is 3. The molecule has 4 rings (SSSR count). The van der Waals surface area contributed by atoms with Gasteiger partial charge in [0.1, 0.15) is 0 Å². The number of hydrogen-bond acceptors (Lipinski definition) is 5. The van der Waals surface area contributed by atoms with Gasteiger partial charge in [-0.05, 0) is 35.9 Å². The zero-order chi connectivity index (χ0) is 23.8. The van der Waals surface area contributed by atoms with E-state index in [2.05, 4.69) is 4.98 Å². The van der Waals surface area contributed by atoms with Gasteiger partial charge in [0.25, 0.3) is 0 Å². The fraction of sp³-hybridized carbons (Fsp3) is 0.286. The van der Waals surface area contributed by atoms with Crippen molar-refractivity contribution in [2.45, 2.75) is 17.5 Å². The molecule has 0 aliphatic carbocycles. The molecule has 1 aliphatic heterocycles. The second-order valence-corrected chi connectivity index (χ2v) is 11.1. The third-order valence-electron chi connectivity index (χ3n) is 5.23. The van der Waals surface area contributed by atoms with Crippen LogP contribution in [0.3, 0.4) is 0 Å². The molecule has 0 N–H and O–H groups in total. The van der Waals surface area contributed by atoms with Gasteiger partial charge in [0.2, 0.25) is 10.0 Å². The van der Waals surface area contributed by atoms with Gasteiger partial charge in [-0.3, -0.25) is 0 Å². The standard InChI is InChI=1S/C21H18Cl2F3N3O2S2/c22-16-5-4-14(19(23)12-16)10-17-13-32-20(27-17)28-6-8-29(9-7-28)33(30,31)18-3-1-2-15(11-18)21(24,25)26/h1-5,11-13H,6-10H2. The van der Waals surface area contributed by atoms with Crippen molar-refractivity contribution in [1.29, 1.82) is 0 Å². The maximum Gasteiger partial charge on any atom is 0.416 e. The van der Waals surface area contributed by atoms with Gasteiger partial charge in [-0.2, -0.15) is 17.5 Å². The molecule has 1 saturated heterocycles. The number of halogens is 5. The molecule has 5 nitrogen and oxygen atoms in total. The van der Waals surface area contributed by atoms with E-state index in [4.69, 9.17) is 23.2 Å². The quantitative estimate of drug-likeness (QED) is 0.428. The number of alkyl halides is 3. The summed E-state index contributed by atoms with van der Waals surface area (Å²) in [7, 11) is -4.03. The van der Waals surface area contributed by atoms with Crippen molar-refractivity contribution >= 4 is 49.7 Å². The molecule has 0 saturated carbocycles. The van der Waals surface area contributed by atoms with E-state index in [0.717, 1.165) is 28.5 Å². The molecule has 0 amide bonds. The SMILES string of the molecule is O=S(=O)(c1cccc(C(F)(F)F)c1)N1CCN(c2nc(Cc3ccc(Cl)cc3Cl)cs2)CC1. The summed E-state index contributed by atoms with van der Waals surface area (Å²) in [6.07, 6.45) is -4.07. The van der Waals surface area contributed by atoms with Gasteiger partial charge < -0.3 is 4.90 Å². The van der Waals surface area contributed by atoms with Crippen LogP contribution in [0.1, 0.15) is 16.8 Å². The lowest BCUT2D eigenvalue weighted by Gasteiger charge is -2.33. The molecular weight excluding hydrogens is 518 g/mol. The topological polar surface area (TPSA) is 53.5 Å². The lowest BCUT2D eigenvalue weighted by molar-refractivity contribution is -0.137. The number of hydrogen-bond donors (Lipinski definition) is 0. The maximum atomic E-state index is 13.0. The minimum Gasteiger partial charge on any atom is -0.345 e. The monoisotopic (exact) mass is 535 g/mol. The predicted octanol–water partition coefficient (Wildman–Crippen LogP) is 5.57. The predicted molar refractivity (Wildman–Crippen MR) is 124 cm³/mol. The molecule has 1 aliphatic rings. The minimum absolute atomic E-state index is 0.149. The van der Waals surface area contributed by atoms with Crippen LogP contribution in [0.4, 0.5) is 18.3 Å². The van der Waals surface area contributed by atoms with Gasteiger partial charge >= 0.3 is 6.18 Å². The number of anilines is 1. The van der Waals surface area contributed by atoms with E-state index in [1.807, 2.05) is 16.3 Å². The van der Waals surface area contributed by atoms with Crippen LogP contribution in [0.5, 0.6) is 0 Å². The van der Waals surface area contributed by atoms with Gasteiger partial charge in [0.05, 0.1) is 16.2 Å². The normalized spacial score (nSPS) is 15.7. The van der Waals surface area contributed by atoms with E-state index >= 15 is 0 Å². The zero-order valence-electron chi connectivity index (χ0n) is 17.0. The van der Waals surface area contributed by atoms with Crippen molar-refractivity contribution in [2.75, 3.05) is 31.1 Å². The number of rotatable bonds is 5. The van der Waals surface area contributed by atoms with Crippen LogP contribution >= 0.6 is 34.5 Å². The Morgan fingerprint density at radius 3 is 2.42 bits per heavy atom. The Bertz CT molecular complexity index is 1260. The summed E-state index contributed by atoms with van der Waals surface area (Å²) >= 11 is 13.6. The lowest BCUT2D eigenvalue weighted by atomic mass is 10.1. The first-order valence-electron chi connectivity index (χ1n) is 9.85. The fourth-order valence-electron chi connectivity index (χ4n) is 3.48. The van der Waals surface area contributed by atoms with Crippen LogP contribution in [-0.2, 0) is 22.6 Å². The summed E-state index contributed by atoms with van der Waals surface area (Å²) in [5.74, 6) is 0. The van der Waals surface area contributed by atoms with Gasteiger partial charge in [-0.15, -0.1) is 11.3 Å². The first kappa shape index (κ1) is 24.3. The van der Waals surface area contributed by atoms with Crippen LogP contribution < -0.4 is 4.90 Å². The average molecular weight is 536 g/mol. The maximum absolute atomic E-state index is 13.0.